The fourth-order valence-corrected chi connectivity index (χ4v) is 3.39. The van der Waals surface area contributed by atoms with E-state index in [0.29, 0.717) is 6.54 Å². The molecule has 19 heavy (non-hydrogen) atoms. The lowest BCUT2D eigenvalue weighted by atomic mass is 10.2. The van der Waals surface area contributed by atoms with Gasteiger partial charge in [0.15, 0.2) is 0 Å². The predicted molar refractivity (Wildman–Crippen MR) is 80.7 cm³/mol. The van der Waals surface area contributed by atoms with Gasteiger partial charge in [0.05, 0.1) is 5.69 Å². The highest BCUT2D eigenvalue weighted by Gasteiger charge is 2.14. The van der Waals surface area contributed by atoms with Gasteiger partial charge in [-0.25, -0.2) is 0 Å². The summed E-state index contributed by atoms with van der Waals surface area (Å²) in [5, 5.41) is 5.72. The average molecular weight is 275 g/mol. The summed E-state index contributed by atoms with van der Waals surface area (Å²) in [6, 6.07) is 6.55. The van der Waals surface area contributed by atoms with E-state index in [1.54, 1.807) is 11.8 Å². The van der Waals surface area contributed by atoms with Crippen molar-refractivity contribution in [1.29, 1.82) is 0 Å². The first-order valence-electron chi connectivity index (χ1n) is 6.50. The van der Waals surface area contributed by atoms with Crippen LogP contribution in [0.2, 0.25) is 0 Å². The number of aryl methyl sites for hydroxylation is 4. The smallest absolute Gasteiger partial charge is 0.102 e. The maximum absolute atomic E-state index is 5.71. The maximum atomic E-state index is 5.71. The summed E-state index contributed by atoms with van der Waals surface area (Å²) in [5.41, 5.74) is 10.7. The molecule has 0 saturated carbocycles. The van der Waals surface area contributed by atoms with Crippen molar-refractivity contribution in [2.75, 3.05) is 6.54 Å². The number of nitrogens with zero attached hydrogens (tertiary/aromatic N) is 2. The molecular weight excluding hydrogens is 254 g/mol. The van der Waals surface area contributed by atoms with Crippen LogP contribution in [-0.4, -0.2) is 16.3 Å². The summed E-state index contributed by atoms with van der Waals surface area (Å²) >= 11 is 1.79. The summed E-state index contributed by atoms with van der Waals surface area (Å²) in [6.07, 6.45) is 0.882. The quantitative estimate of drug-likeness (QED) is 0.933. The zero-order chi connectivity index (χ0) is 14.0. The number of nitrogens with two attached hydrogens (primary N) is 1. The van der Waals surface area contributed by atoms with Crippen molar-refractivity contribution in [2.24, 2.45) is 12.8 Å². The van der Waals surface area contributed by atoms with Crippen LogP contribution in [0.5, 0.6) is 0 Å². The van der Waals surface area contributed by atoms with Gasteiger partial charge in [0.2, 0.25) is 0 Å². The molecule has 102 valence electrons. The van der Waals surface area contributed by atoms with Gasteiger partial charge in [-0.15, -0.1) is 0 Å². The molecule has 2 N–H and O–H groups in total. The molecule has 1 heterocycles. The van der Waals surface area contributed by atoms with Gasteiger partial charge in [-0.2, -0.15) is 5.10 Å². The third kappa shape index (κ3) is 3.01. The van der Waals surface area contributed by atoms with Crippen molar-refractivity contribution in [1.82, 2.24) is 9.78 Å². The second kappa shape index (κ2) is 5.80. The van der Waals surface area contributed by atoms with Crippen molar-refractivity contribution in [2.45, 2.75) is 37.1 Å². The molecule has 0 aliphatic heterocycles. The maximum Gasteiger partial charge on any atom is 0.102 e. The summed E-state index contributed by atoms with van der Waals surface area (Å²) in [7, 11) is 2.00. The predicted octanol–water partition coefficient (Wildman–Crippen LogP) is 3.00. The van der Waals surface area contributed by atoms with E-state index >= 15 is 0 Å². The molecule has 1 aromatic carbocycles. The first-order valence-corrected chi connectivity index (χ1v) is 7.32. The Labute approximate surface area is 119 Å². The van der Waals surface area contributed by atoms with Crippen LogP contribution in [0.15, 0.2) is 28.1 Å². The molecule has 3 nitrogen and oxygen atoms in total. The number of aromatic nitrogens is 2. The van der Waals surface area contributed by atoms with E-state index in [9.17, 15) is 0 Å². The topological polar surface area (TPSA) is 43.8 Å². The zero-order valence-electron chi connectivity index (χ0n) is 12.0. The highest BCUT2D eigenvalue weighted by Crippen LogP contribution is 2.34. The molecule has 1 aromatic heterocycles. The number of benzene rings is 1. The Morgan fingerprint density at radius 2 is 2.00 bits per heavy atom. The highest BCUT2D eigenvalue weighted by molar-refractivity contribution is 7.99. The van der Waals surface area contributed by atoms with E-state index in [1.165, 1.54) is 26.6 Å². The Kier molecular flexibility index (Phi) is 4.32. The van der Waals surface area contributed by atoms with E-state index in [2.05, 4.69) is 44.1 Å². The van der Waals surface area contributed by atoms with Crippen LogP contribution in [0.1, 0.15) is 22.4 Å². The normalized spacial score (nSPS) is 11.0. The minimum atomic E-state index is 0.660. The zero-order valence-corrected chi connectivity index (χ0v) is 12.8. The Balaban J connectivity index is 2.40. The first-order chi connectivity index (χ1) is 9.02. The molecule has 2 rings (SSSR count). The highest BCUT2D eigenvalue weighted by atomic mass is 32.2. The monoisotopic (exact) mass is 275 g/mol. The second-order valence-electron chi connectivity index (χ2n) is 4.90. The minimum Gasteiger partial charge on any atom is -0.330 e. The van der Waals surface area contributed by atoms with Crippen molar-refractivity contribution in [3.8, 4) is 0 Å². The van der Waals surface area contributed by atoms with Crippen LogP contribution in [0.25, 0.3) is 0 Å². The molecule has 0 amide bonds. The Bertz CT molecular complexity index is 587. The Morgan fingerprint density at radius 3 is 2.68 bits per heavy atom. The van der Waals surface area contributed by atoms with Gasteiger partial charge in [-0.3, -0.25) is 4.68 Å². The molecule has 0 aliphatic rings. The molecule has 2 aromatic rings. The van der Waals surface area contributed by atoms with Crippen LogP contribution >= 0.6 is 11.8 Å². The SMILES string of the molecule is Cc1ccc(C)c(Sc2c(CCN)c(C)nn2C)c1. The van der Waals surface area contributed by atoms with E-state index in [0.717, 1.165) is 12.1 Å². The molecule has 0 atom stereocenters. The molecular formula is C15H21N3S. The Morgan fingerprint density at radius 1 is 1.26 bits per heavy atom. The summed E-state index contributed by atoms with van der Waals surface area (Å²) in [4.78, 5) is 1.29. The minimum absolute atomic E-state index is 0.660. The lowest BCUT2D eigenvalue weighted by Gasteiger charge is -2.09. The average Bonchev–Trinajstić information content (AvgIpc) is 2.61. The van der Waals surface area contributed by atoms with E-state index in [1.807, 2.05) is 11.7 Å². The van der Waals surface area contributed by atoms with E-state index in [-0.39, 0.29) is 0 Å². The van der Waals surface area contributed by atoms with Crippen LogP contribution in [0, 0.1) is 20.8 Å². The molecule has 0 fully saturated rings. The van der Waals surface area contributed by atoms with Gasteiger partial charge in [0.1, 0.15) is 5.03 Å². The second-order valence-corrected chi connectivity index (χ2v) is 5.93. The number of rotatable bonds is 4. The fraction of sp³-hybridized carbons (Fsp3) is 0.400. The van der Waals surface area contributed by atoms with Crippen molar-refractivity contribution >= 4 is 11.8 Å². The van der Waals surface area contributed by atoms with Crippen LogP contribution < -0.4 is 5.73 Å². The van der Waals surface area contributed by atoms with Gasteiger partial charge in [-0.1, -0.05) is 23.9 Å². The Hall–Kier alpha value is -1.26. The first kappa shape index (κ1) is 14.2. The van der Waals surface area contributed by atoms with Crippen molar-refractivity contribution in [3.63, 3.8) is 0 Å². The largest absolute Gasteiger partial charge is 0.330 e. The number of hydrogen-bond acceptors (Lipinski definition) is 3. The van der Waals surface area contributed by atoms with Crippen molar-refractivity contribution in [3.05, 3.63) is 40.6 Å². The van der Waals surface area contributed by atoms with Crippen LogP contribution in [0.4, 0.5) is 0 Å². The van der Waals surface area contributed by atoms with E-state index in [4.69, 9.17) is 5.73 Å². The van der Waals surface area contributed by atoms with Crippen molar-refractivity contribution < 1.29 is 0 Å². The lowest BCUT2D eigenvalue weighted by molar-refractivity contribution is 0.688. The third-order valence-electron chi connectivity index (χ3n) is 3.23. The third-order valence-corrected chi connectivity index (χ3v) is 4.60. The molecule has 0 aliphatic carbocycles. The van der Waals surface area contributed by atoms with Gasteiger partial charge >= 0.3 is 0 Å². The van der Waals surface area contributed by atoms with E-state index < -0.39 is 0 Å². The van der Waals surface area contributed by atoms with Gasteiger partial charge in [0.25, 0.3) is 0 Å². The van der Waals surface area contributed by atoms with Gasteiger partial charge in [0, 0.05) is 17.5 Å². The lowest BCUT2D eigenvalue weighted by Crippen LogP contribution is -2.04. The fourth-order valence-electron chi connectivity index (χ4n) is 2.16. The summed E-state index contributed by atoms with van der Waals surface area (Å²) in [6.45, 7) is 6.98. The molecule has 0 radical (unpaired) electrons. The number of hydrogen-bond donors (Lipinski definition) is 1. The van der Waals surface area contributed by atoms with Crippen LogP contribution in [-0.2, 0) is 13.5 Å². The van der Waals surface area contributed by atoms with Gasteiger partial charge in [-0.05, 0) is 50.9 Å². The summed E-state index contributed by atoms with van der Waals surface area (Å²) < 4.78 is 1.97. The molecule has 0 spiro atoms. The molecule has 0 bridgehead atoms. The molecule has 4 heteroatoms. The molecule has 0 saturated heterocycles. The van der Waals surface area contributed by atoms with Gasteiger partial charge < -0.3 is 5.73 Å². The summed E-state index contributed by atoms with van der Waals surface area (Å²) in [5.74, 6) is 0. The van der Waals surface area contributed by atoms with Crippen LogP contribution in [0.3, 0.4) is 0 Å². The standard InChI is InChI=1S/C15H21N3S/c1-10-5-6-11(2)14(9-10)19-15-13(7-8-16)12(3)17-18(15)4/h5-6,9H,7-8,16H2,1-4H3. The molecule has 0 unspecified atom stereocenters.